The second-order valence-electron chi connectivity index (χ2n) is 6.35. The summed E-state index contributed by atoms with van der Waals surface area (Å²) in [6.45, 7) is 4.66. The number of carbonyl (C=O) groups is 1. The molecular weight excluding hydrogens is 337 g/mol. The maximum Gasteiger partial charge on any atom is 0.573 e. The quantitative estimate of drug-likeness (QED) is 0.828. The number of halogens is 3. The lowest BCUT2D eigenvalue weighted by molar-refractivity contribution is -0.274. The number of nitrogens with zero attached hydrogens (tertiary/aromatic N) is 2. The van der Waals surface area contributed by atoms with Crippen LogP contribution in [0.15, 0.2) is 24.3 Å². The van der Waals surface area contributed by atoms with Gasteiger partial charge in [-0.15, -0.1) is 13.2 Å². The molecule has 2 aliphatic heterocycles. The van der Waals surface area contributed by atoms with Crippen molar-refractivity contribution >= 4 is 5.91 Å². The number of carbonyl (C=O) groups excluding carboxylic acids is 1. The summed E-state index contributed by atoms with van der Waals surface area (Å²) in [7, 11) is 0. The van der Waals surface area contributed by atoms with Crippen molar-refractivity contribution in [2.45, 2.75) is 19.3 Å². The number of amides is 1. The van der Waals surface area contributed by atoms with Crippen LogP contribution in [0.2, 0.25) is 0 Å². The van der Waals surface area contributed by atoms with Crippen LogP contribution in [0.25, 0.3) is 0 Å². The highest BCUT2D eigenvalue weighted by molar-refractivity contribution is 5.79. The van der Waals surface area contributed by atoms with Crippen LogP contribution >= 0.6 is 0 Å². The number of benzene rings is 1. The van der Waals surface area contributed by atoms with Crippen LogP contribution in [0.4, 0.5) is 13.2 Å². The van der Waals surface area contributed by atoms with Crippen molar-refractivity contribution in [2.24, 2.45) is 5.92 Å². The zero-order valence-corrected chi connectivity index (χ0v) is 13.8. The average molecular weight is 358 g/mol. The predicted octanol–water partition coefficient (Wildman–Crippen LogP) is 2.27. The van der Waals surface area contributed by atoms with Gasteiger partial charge in [-0.1, -0.05) is 12.1 Å². The molecule has 0 aromatic heterocycles. The van der Waals surface area contributed by atoms with E-state index < -0.39 is 6.36 Å². The third-order valence-corrected chi connectivity index (χ3v) is 4.53. The van der Waals surface area contributed by atoms with Gasteiger partial charge in [0.2, 0.25) is 5.91 Å². The Labute approximate surface area is 144 Å². The molecule has 5 nitrogen and oxygen atoms in total. The van der Waals surface area contributed by atoms with E-state index >= 15 is 0 Å². The third kappa shape index (κ3) is 5.09. The second-order valence-corrected chi connectivity index (χ2v) is 6.35. The van der Waals surface area contributed by atoms with Gasteiger partial charge in [-0.05, 0) is 24.1 Å². The van der Waals surface area contributed by atoms with Gasteiger partial charge in [0, 0.05) is 39.3 Å². The Bertz CT molecular complexity index is 578. The van der Waals surface area contributed by atoms with Crippen LogP contribution in [-0.4, -0.2) is 61.5 Å². The molecule has 8 heteroatoms. The number of hydrogen-bond donors (Lipinski definition) is 0. The molecular formula is C17H21F3N2O3. The molecule has 25 heavy (non-hydrogen) atoms. The molecule has 2 fully saturated rings. The molecule has 1 aromatic rings. The minimum Gasteiger partial charge on any atom is -0.406 e. The molecule has 0 spiro atoms. The molecule has 0 bridgehead atoms. The fourth-order valence-corrected chi connectivity index (χ4v) is 3.17. The van der Waals surface area contributed by atoms with E-state index in [1.807, 2.05) is 4.90 Å². The van der Waals surface area contributed by atoms with Crippen LogP contribution in [0, 0.1) is 5.92 Å². The molecule has 0 N–H and O–H groups in total. The lowest BCUT2D eigenvalue weighted by atomic mass is 10.1. The lowest BCUT2D eigenvalue weighted by Crippen LogP contribution is -2.50. The maximum absolute atomic E-state index is 12.3. The summed E-state index contributed by atoms with van der Waals surface area (Å²) in [5.41, 5.74) is 0.915. The molecule has 0 saturated carbocycles. The fourth-order valence-electron chi connectivity index (χ4n) is 3.17. The highest BCUT2D eigenvalue weighted by atomic mass is 19.4. The van der Waals surface area contributed by atoms with Crippen LogP contribution in [0.1, 0.15) is 12.0 Å². The molecule has 3 rings (SSSR count). The first-order valence-electron chi connectivity index (χ1n) is 8.34. The van der Waals surface area contributed by atoms with E-state index in [1.165, 1.54) is 12.1 Å². The van der Waals surface area contributed by atoms with E-state index in [9.17, 15) is 18.0 Å². The zero-order valence-electron chi connectivity index (χ0n) is 13.8. The Hall–Kier alpha value is -1.80. The first-order chi connectivity index (χ1) is 11.9. The fraction of sp³-hybridized carbons (Fsp3) is 0.588. The van der Waals surface area contributed by atoms with Gasteiger partial charge < -0.3 is 14.4 Å². The van der Waals surface area contributed by atoms with Gasteiger partial charge in [-0.25, -0.2) is 0 Å². The molecule has 0 radical (unpaired) electrons. The number of piperazine rings is 1. The zero-order chi connectivity index (χ0) is 17.9. The van der Waals surface area contributed by atoms with Gasteiger partial charge in [-0.3, -0.25) is 9.69 Å². The van der Waals surface area contributed by atoms with Crippen molar-refractivity contribution in [2.75, 3.05) is 39.4 Å². The SMILES string of the molecule is O=C([C@@H]1CCOC1)N1CCN(Cc2ccc(OC(F)(F)F)cc2)CC1. The van der Waals surface area contributed by atoms with E-state index in [-0.39, 0.29) is 17.6 Å². The molecule has 0 unspecified atom stereocenters. The molecule has 2 aliphatic rings. The minimum atomic E-state index is -4.67. The van der Waals surface area contributed by atoms with Gasteiger partial charge in [0.1, 0.15) is 5.75 Å². The maximum atomic E-state index is 12.3. The van der Waals surface area contributed by atoms with Crippen LogP contribution < -0.4 is 4.74 Å². The molecule has 1 amide bonds. The normalized spacial score (nSPS) is 22.2. The Morgan fingerprint density at radius 2 is 1.84 bits per heavy atom. The summed E-state index contributed by atoms with van der Waals surface area (Å²) in [6.07, 6.45) is -3.87. The van der Waals surface area contributed by atoms with Crippen molar-refractivity contribution in [1.82, 2.24) is 9.80 Å². The van der Waals surface area contributed by atoms with E-state index in [2.05, 4.69) is 9.64 Å². The van der Waals surface area contributed by atoms with Gasteiger partial charge in [-0.2, -0.15) is 0 Å². The third-order valence-electron chi connectivity index (χ3n) is 4.53. The molecule has 1 atom stereocenters. The Morgan fingerprint density at radius 1 is 1.16 bits per heavy atom. The van der Waals surface area contributed by atoms with Crippen molar-refractivity contribution in [1.29, 1.82) is 0 Å². The molecule has 0 aliphatic carbocycles. The Morgan fingerprint density at radius 3 is 2.40 bits per heavy atom. The Balaban J connectivity index is 1.46. The van der Waals surface area contributed by atoms with E-state index in [0.29, 0.717) is 32.8 Å². The lowest BCUT2D eigenvalue weighted by Gasteiger charge is -2.35. The van der Waals surface area contributed by atoms with Crippen LogP contribution in [0.3, 0.4) is 0 Å². The first kappa shape index (κ1) is 18.0. The number of alkyl halides is 3. The topological polar surface area (TPSA) is 42.0 Å². The molecule has 2 saturated heterocycles. The largest absolute Gasteiger partial charge is 0.573 e. The average Bonchev–Trinajstić information content (AvgIpc) is 3.10. The smallest absolute Gasteiger partial charge is 0.406 e. The van der Waals surface area contributed by atoms with Crippen LogP contribution in [0.5, 0.6) is 5.75 Å². The highest BCUT2D eigenvalue weighted by Gasteiger charge is 2.31. The van der Waals surface area contributed by atoms with E-state index in [0.717, 1.165) is 25.1 Å². The highest BCUT2D eigenvalue weighted by Crippen LogP contribution is 2.23. The van der Waals surface area contributed by atoms with Gasteiger partial charge in [0.05, 0.1) is 12.5 Å². The van der Waals surface area contributed by atoms with Crippen molar-refractivity contribution in [3.63, 3.8) is 0 Å². The summed E-state index contributed by atoms with van der Waals surface area (Å²) in [5, 5.41) is 0. The standard InChI is InChI=1S/C17H21F3N2O3/c18-17(19,20)25-15-3-1-13(2-4-15)11-21-6-8-22(9-7-21)16(23)14-5-10-24-12-14/h1-4,14H,5-12H2/t14-/m1/s1. The number of hydrogen-bond acceptors (Lipinski definition) is 4. The van der Waals surface area contributed by atoms with Gasteiger partial charge >= 0.3 is 6.36 Å². The first-order valence-corrected chi connectivity index (χ1v) is 8.34. The van der Waals surface area contributed by atoms with Gasteiger partial charge in [0.15, 0.2) is 0 Å². The van der Waals surface area contributed by atoms with E-state index in [4.69, 9.17) is 4.74 Å². The minimum absolute atomic E-state index is 0.00673. The summed E-state index contributed by atoms with van der Waals surface area (Å²) in [4.78, 5) is 16.4. The summed E-state index contributed by atoms with van der Waals surface area (Å²) >= 11 is 0. The van der Waals surface area contributed by atoms with E-state index in [1.54, 1.807) is 12.1 Å². The van der Waals surface area contributed by atoms with Crippen LogP contribution in [-0.2, 0) is 16.1 Å². The van der Waals surface area contributed by atoms with Crippen molar-refractivity contribution in [3.05, 3.63) is 29.8 Å². The van der Waals surface area contributed by atoms with Crippen molar-refractivity contribution in [3.8, 4) is 5.75 Å². The second kappa shape index (κ2) is 7.61. The molecule has 1 aromatic carbocycles. The monoisotopic (exact) mass is 358 g/mol. The summed E-state index contributed by atoms with van der Waals surface area (Å²) < 4.78 is 45.6. The number of rotatable bonds is 4. The summed E-state index contributed by atoms with van der Waals surface area (Å²) in [5.74, 6) is -0.0519. The number of ether oxygens (including phenoxy) is 2. The Kier molecular flexibility index (Phi) is 5.48. The van der Waals surface area contributed by atoms with Crippen molar-refractivity contribution < 1.29 is 27.4 Å². The molecule has 138 valence electrons. The summed E-state index contributed by atoms with van der Waals surface area (Å²) in [6, 6.07) is 5.91. The molecule has 2 heterocycles. The van der Waals surface area contributed by atoms with Gasteiger partial charge in [0.25, 0.3) is 0 Å². The predicted molar refractivity (Wildman–Crippen MR) is 83.9 cm³/mol.